The van der Waals surface area contributed by atoms with Gasteiger partial charge in [0, 0.05) is 22.8 Å². The molecule has 0 spiro atoms. The average Bonchev–Trinajstić information content (AvgIpc) is 3.15. The number of ether oxygens (including phenoxy) is 1. The number of carbonyl (C=O) groups excluding carboxylic acids is 1. The number of hydrogen-bond donors (Lipinski definition) is 1. The van der Waals surface area contributed by atoms with Crippen LogP contribution in [-0.2, 0) is 4.79 Å². The molecule has 3 rings (SSSR count). The van der Waals surface area contributed by atoms with Crippen LogP contribution in [0.1, 0.15) is 6.92 Å². The maximum atomic E-state index is 12.0. The van der Waals surface area contributed by atoms with Crippen LogP contribution < -0.4 is 10.1 Å². The van der Waals surface area contributed by atoms with Gasteiger partial charge in [-0.05, 0) is 43.3 Å². The van der Waals surface area contributed by atoms with Gasteiger partial charge < -0.3 is 10.1 Å². The van der Waals surface area contributed by atoms with Gasteiger partial charge in [-0.25, -0.2) is 0 Å². The lowest BCUT2D eigenvalue weighted by Crippen LogP contribution is -2.25. The van der Waals surface area contributed by atoms with E-state index in [9.17, 15) is 4.79 Å². The predicted molar refractivity (Wildman–Crippen MR) is 117 cm³/mol. The standard InChI is InChI=1S/C21H21ClN4O2S/c1-3-12-23-19(27)14-29-21-25-24-20(15-6-5-7-16(22)13-15)26(21)17-8-10-18(11-9-17)28-4-2/h3,5-11,13H,1,4,12,14H2,2H3,(H,23,27). The second-order valence-electron chi connectivity index (χ2n) is 5.96. The Bertz CT molecular complexity index is 989. The molecule has 0 bridgehead atoms. The molecular formula is C21H21ClN4O2S. The summed E-state index contributed by atoms with van der Waals surface area (Å²) < 4.78 is 7.44. The highest BCUT2D eigenvalue weighted by atomic mass is 35.5. The van der Waals surface area contributed by atoms with Gasteiger partial charge in [-0.3, -0.25) is 9.36 Å². The van der Waals surface area contributed by atoms with Crippen molar-refractivity contribution in [3.8, 4) is 22.8 Å². The number of nitrogens with zero attached hydrogens (tertiary/aromatic N) is 3. The summed E-state index contributed by atoms with van der Waals surface area (Å²) in [5.74, 6) is 1.55. The Kier molecular flexibility index (Phi) is 7.32. The van der Waals surface area contributed by atoms with Gasteiger partial charge in [0.1, 0.15) is 5.75 Å². The Morgan fingerprint density at radius 3 is 2.76 bits per heavy atom. The number of rotatable bonds is 9. The first-order chi connectivity index (χ1) is 14.1. The van der Waals surface area contributed by atoms with Crippen LogP contribution in [0.5, 0.6) is 5.75 Å². The Morgan fingerprint density at radius 1 is 1.28 bits per heavy atom. The first kappa shape index (κ1) is 21.0. The molecule has 0 saturated carbocycles. The van der Waals surface area contributed by atoms with E-state index in [2.05, 4.69) is 22.1 Å². The summed E-state index contributed by atoms with van der Waals surface area (Å²) in [7, 11) is 0. The van der Waals surface area contributed by atoms with E-state index in [1.165, 1.54) is 11.8 Å². The fraction of sp³-hybridized carbons (Fsp3) is 0.190. The fourth-order valence-electron chi connectivity index (χ4n) is 2.64. The Balaban J connectivity index is 1.96. The third-order valence-corrected chi connectivity index (χ3v) is 5.06. The summed E-state index contributed by atoms with van der Waals surface area (Å²) >= 11 is 7.48. The maximum absolute atomic E-state index is 12.0. The maximum Gasteiger partial charge on any atom is 0.230 e. The molecule has 29 heavy (non-hydrogen) atoms. The molecule has 0 unspecified atom stereocenters. The normalized spacial score (nSPS) is 10.6. The van der Waals surface area contributed by atoms with Crippen molar-refractivity contribution < 1.29 is 9.53 Å². The summed E-state index contributed by atoms with van der Waals surface area (Å²) in [6, 6.07) is 15.1. The molecule has 0 aliphatic rings. The lowest BCUT2D eigenvalue weighted by Gasteiger charge is -2.11. The topological polar surface area (TPSA) is 69.0 Å². The third-order valence-electron chi connectivity index (χ3n) is 3.90. The second-order valence-corrected chi connectivity index (χ2v) is 7.34. The molecular weight excluding hydrogens is 408 g/mol. The quantitative estimate of drug-likeness (QED) is 0.404. The lowest BCUT2D eigenvalue weighted by molar-refractivity contribution is -0.118. The monoisotopic (exact) mass is 428 g/mol. The minimum Gasteiger partial charge on any atom is -0.494 e. The van der Waals surface area contributed by atoms with Crippen LogP contribution in [0.25, 0.3) is 17.1 Å². The highest BCUT2D eigenvalue weighted by Gasteiger charge is 2.17. The first-order valence-electron chi connectivity index (χ1n) is 9.07. The van der Waals surface area contributed by atoms with Crippen LogP contribution in [0, 0.1) is 0 Å². The van der Waals surface area contributed by atoms with Gasteiger partial charge in [0.2, 0.25) is 5.91 Å². The van der Waals surface area contributed by atoms with Crippen molar-refractivity contribution in [1.29, 1.82) is 0 Å². The molecule has 0 atom stereocenters. The van der Waals surface area contributed by atoms with E-state index in [-0.39, 0.29) is 11.7 Å². The average molecular weight is 429 g/mol. The van der Waals surface area contributed by atoms with Gasteiger partial charge in [-0.15, -0.1) is 16.8 Å². The van der Waals surface area contributed by atoms with E-state index >= 15 is 0 Å². The predicted octanol–water partition coefficient (Wildman–Crippen LogP) is 4.38. The number of aromatic nitrogens is 3. The van der Waals surface area contributed by atoms with Gasteiger partial charge in [0.15, 0.2) is 11.0 Å². The van der Waals surface area contributed by atoms with E-state index in [0.29, 0.717) is 29.2 Å². The van der Waals surface area contributed by atoms with E-state index in [1.54, 1.807) is 6.08 Å². The van der Waals surface area contributed by atoms with Gasteiger partial charge in [0.05, 0.1) is 12.4 Å². The summed E-state index contributed by atoms with van der Waals surface area (Å²) in [5, 5.41) is 12.7. The number of carbonyl (C=O) groups is 1. The largest absolute Gasteiger partial charge is 0.494 e. The molecule has 1 N–H and O–H groups in total. The van der Waals surface area contributed by atoms with Gasteiger partial charge >= 0.3 is 0 Å². The third kappa shape index (κ3) is 5.40. The molecule has 0 aliphatic carbocycles. The molecule has 2 aromatic carbocycles. The van der Waals surface area contributed by atoms with Crippen LogP contribution in [-0.4, -0.2) is 39.6 Å². The zero-order valence-corrected chi connectivity index (χ0v) is 17.5. The smallest absolute Gasteiger partial charge is 0.230 e. The molecule has 3 aromatic rings. The molecule has 0 aliphatic heterocycles. The Morgan fingerprint density at radius 2 is 2.07 bits per heavy atom. The van der Waals surface area contributed by atoms with Gasteiger partial charge in [-0.1, -0.05) is 41.6 Å². The number of thioether (sulfide) groups is 1. The molecule has 1 heterocycles. The van der Waals surface area contributed by atoms with E-state index in [0.717, 1.165) is 17.0 Å². The molecule has 0 fully saturated rings. The molecule has 0 radical (unpaired) electrons. The second kappa shape index (κ2) is 10.1. The summed E-state index contributed by atoms with van der Waals surface area (Å²) in [4.78, 5) is 12.0. The Labute approximate surface area is 178 Å². The number of hydrogen-bond acceptors (Lipinski definition) is 5. The van der Waals surface area contributed by atoms with Crippen LogP contribution in [0.3, 0.4) is 0 Å². The van der Waals surface area contributed by atoms with Crippen LogP contribution >= 0.6 is 23.4 Å². The van der Waals surface area contributed by atoms with Crippen molar-refractivity contribution >= 4 is 29.3 Å². The zero-order valence-electron chi connectivity index (χ0n) is 16.0. The molecule has 6 nitrogen and oxygen atoms in total. The van der Waals surface area contributed by atoms with Crippen LogP contribution in [0.4, 0.5) is 0 Å². The van der Waals surface area contributed by atoms with Crippen molar-refractivity contribution in [2.75, 3.05) is 18.9 Å². The van der Waals surface area contributed by atoms with Crippen LogP contribution in [0.15, 0.2) is 66.3 Å². The van der Waals surface area contributed by atoms with Crippen LogP contribution in [0.2, 0.25) is 5.02 Å². The summed E-state index contributed by atoms with van der Waals surface area (Å²) in [6.07, 6.45) is 1.64. The minimum absolute atomic E-state index is 0.0968. The van der Waals surface area contributed by atoms with E-state index in [4.69, 9.17) is 16.3 Å². The van der Waals surface area contributed by atoms with Crippen molar-refractivity contribution in [2.24, 2.45) is 0 Å². The lowest BCUT2D eigenvalue weighted by atomic mass is 10.2. The summed E-state index contributed by atoms with van der Waals surface area (Å²) in [5.41, 5.74) is 1.70. The molecule has 8 heteroatoms. The van der Waals surface area contributed by atoms with E-state index in [1.807, 2.05) is 60.0 Å². The highest BCUT2D eigenvalue weighted by Crippen LogP contribution is 2.30. The van der Waals surface area contributed by atoms with Crippen molar-refractivity contribution in [2.45, 2.75) is 12.1 Å². The SMILES string of the molecule is C=CCNC(=O)CSc1nnc(-c2cccc(Cl)c2)n1-c1ccc(OCC)cc1. The Hall–Kier alpha value is -2.77. The van der Waals surface area contributed by atoms with Crippen molar-refractivity contribution in [3.05, 3.63) is 66.2 Å². The number of amides is 1. The van der Waals surface area contributed by atoms with Crippen molar-refractivity contribution in [3.63, 3.8) is 0 Å². The summed E-state index contributed by atoms with van der Waals surface area (Å²) in [6.45, 7) is 6.57. The fourth-order valence-corrected chi connectivity index (χ4v) is 3.61. The molecule has 150 valence electrons. The molecule has 0 saturated heterocycles. The zero-order chi connectivity index (χ0) is 20.6. The van der Waals surface area contributed by atoms with Gasteiger partial charge in [-0.2, -0.15) is 0 Å². The van der Waals surface area contributed by atoms with Gasteiger partial charge in [0.25, 0.3) is 0 Å². The molecule has 1 aromatic heterocycles. The number of halogens is 1. The molecule has 1 amide bonds. The number of benzene rings is 2. The first-order valence-corrected chi connectivity index (χ1v) is 10.4. The van der Waals surface area contributed by atoms with E-state index < -0.39 is 0 Å². The van der Waals surface area contributed by atoms with Crippen molar-refractivity contribution in [1.82, 2.24) is 20.1 Å². The minimum atomic E-state index is -0.0968. The highest BCUT2D eigenvalue weighted by molar-refractivity contribution is 7.99. The number of nitrogens with one attached hydrogen (secondary N) is 1.